The zero-order valence-electron chi connectivity index (χ0n) is 11.0. The molecule has 0 aliphatic heterocycles. The first-order chi connectivity index (χ1) is 10.3. The summed E-state index contributed by atoms with van der Waals surface area (Å²) in [6.07, 6.45) is -8.60. The molecule has 6 nitrogen and oxygen atoms in total. The van der Waals surface area contributed by atoms with Gasteiger partial charge in [0.15, 0.2) is 0 Å². The van der Waals surface area contributed by atoms with Crippen LogP contribution in [0.2, 0.25) is 0 Å². The second-order valence-corrected chi connectivity index (χ2v) is 3.68. The Labute approximate surface area is 121 Å². The van der Waals surface area contributed by atoms with E-state index >= 15 is 0 Å². The van der Waals surface area contributed by atoms with Gasteiger partial charge in [0.1, 0.15) is 18.9 Å². The third-order valence-electron chi connectivity index (χ3n) is 2.12. The van der Waals surface area contributed by atoms with Crippen LogP contribution >= 0.6 is 0 Å². The fourth-order valence-electron chi connectivity index (χ4n) is 1.20. The third-order valence-corrected chi connectivity index (χ3v) is 2.12. The summed E-state index contributed by atoms with van der Waals surface area (Å²) in [4.78, 5) is 15.8. The van der Waals surface area contributed by atoms with Crippen molar-refractivity contribution in [2.75, 3.05) is 12.4 Å². The summed E-state index contributed by atoms with van der Waals surface area (Å²) in [5.41, 5.74) is -0.455. The number of oxime groups is 1. The van der Waals surface area contributed by atoms with Crippen LogP contribution in [-0.4, -0.2) is 31.3 Å². The molecule has 0 fully saturated rings. The number of rotatable bonds is 6. The molecule has 22 heavy (non-hydrogen) atoms. The number of ether oxygens (including phenoxy) is 1. The molecule has 0 spiro atoms. The predicted octanol–water partition coefficient (Wildman–Crippen LogP) is 2.39. The van der Waals surface area contributed by atoms with Crippen molar-refractivity contribution in [1.82, 2.24) is 0 Å². The number of amides is 1. The zero-order chi connectivity index (χ0) is 16.8. The van der Waals surface area contributed by atoms with Gasteiger partial charge in [-0.1, -0.05) is 5.16 Å². The number of hydrogen-bond donors (Lipinski definition) is 1. The molecule has 0 heterocycles. The van der Waals surface area contributed by atoms with Crippen LogP contribution in [-0.2, 0) is 9.63 Å². The Hall–Kier alpha value is -2.83. The van der Waals surface area contributed by atoms with Crippen molar-refractivity contribution in [3.63, 3.8) is 0 Å². The van der Waals surface area contributed by atoms with Gasteiger partial charge in [0.2, 0.25) is 5.71 Å². The highest BCUT2D eigenvalue weighted by atomic mass is 19.3. The van der Waals surface area contributed by atoms with E-state index < -0.39 is 29.9 Å². The predicted molar refractivity (Wildman–Crippen MR) is 66.7 cm³/mol. The molecule has 1 aromatic carbocycles. The van der Waals surface area contributed by atoms with Crippen molar-refractivity contribution in [1.29, 1.82) is 5.26 Å². The highest BCUT2D eigenvalue weighted by Crippen LogP contribution is 2.28. The SMILES string of the molecule is CO/N=C(/C#N)C(=O)Nc1ccc(OC(F)(F)C(F)F)cc1. The van der Waals surface area contributed by atoms with Gasteiger partial charge in [-0.2, -0.15) is 22.8 Å². The van der Waals surface area contributed by atoms with Gasteiger partial charge in [-0.25, -0.2) is 0 Å². The van der Waals surface area contributed by atoms with E-state index in [9.17, 15) is 22.4 Å². The van der Waals surface area contributed by atoms with E-state index in [-0.39, 0.29) is 5.69 Å². The minimum absolute atomic E-state index is 0.108. The summed E-state index contributed by atoms with van der Waals surface area (Å²) >= 11 is 0. The fraction of sp³-hybridized carbons (Fsp3) is 0.250. The molecule has 0 aliphatic rings. The maximum Gasteiger partial charge on any atom is 0.461 e. The largest absolute Gasteiger partial charge is 0.461 e. The van der Waals surface area contributed by atoms with Crippen LogP contribution in [0.3, 0.4) is 0 Å². The Morgan fingerprint density at radius 3 is 2.41 bits per heavy atom. The minimum atomic E-state index is -4.62. The summed E-state index contributed by atoms with van der Waals surface area (Å²) in [5.74, 6) is -1.41. The molecule has 0 bridgehead atoms. The first-order valence-electron chi connectivity index (χ1n) is 5.57. The Bertz CT molecular complexity index is 597. The lowest BCUT2D eigenvalue weighted by Crippen LogP contribution is -2.33. The van der Waals surface area contributed by atoms with Gasteiger partial charge >= 0.3 is 12.5 Å². The molecule has 1 N–H and O–H groups in total. The van der Waals surface area contributed by atoms with Crippen molar-refractivity contribution in [2.45, 2.75) is 12.5 Å². The minimum Gasteiger partial charge on any atom is -0.428 e. The summed E-state index contributed by atoms with van der Waals surface area (Å²) in [5, 5.41) is 14.0. The van der Waals surface area contributed by atoms with E-state index in [4.69, 9.17) is 5.26 Å². The molecule has 0 atom stereocenters. The van der Waals surface area contributed by atoms with Gasteiger partial charge in [0.05, 0.1) is 0 Å². The number of benzene rings is 1. The molecule has 0 aliphatic carbocycles. The van der Waals surface area contributed by atoms with Crippen LogP contribution in [0.15, 0.2) is 29.4 Å². The number of alkyl halides is 4. The molecule has 1 aromatic rings. The number of nitrogens with one attached hydrogen (secondary N) is 1. The smallest absolute Gasteiger partial charge is 0.428 e. The molecule has 1 rings (SSSR count). The van der Waals surface area contributed by atoms with Crippen LogP contribution in [0.1, 0.15) is 0 Å². The molecular weight excluding hydrogens is 310 g/mol. The summed E-state index contributed by atoms with van der Waals surface area (Å²) < 4.78 is 53.1. The van der Waals surface area contributed by atoms with Gasteiger partial charge in [-0.05, 0) is 24.3 Å². The Morgan fingerprint density at radius 2 is 1.95 bits per heavy atom. The van der Waals surface area contributed by atoms with Crippen molar-refractivity contribution >= 4 is 17.3 Å². The number of carbonyl (C=O) groups excluding carboxylic acids is 1. The van der Waals surface area contributed by atoms with Crippen molar-refractivity contribution in [3.05, 3.63) is 24.3 Å². The number of nitrogens with zero attached hydrogens (tertiary/aromatic N) is 2. The summed E-state index contributed by atoms with van der Waals surface area (Å²) in [6.45, 7) is 0. The molecule has 0 saturated carbocycles. The molecule has 1 amide bonds. The Balaban J connectivity index is 2.76. The molecule has 0 saturated heterocycles. The highest BCUT2D eigenvalue weighted by molar-refractivity contribution is 6.48. The maximum absolute atomic E-state index is 12.7. The van der Waals surface area contributed by atoms with Crippen LogP contribution in [0.4, 0.5) is 23.2 Å². The number of carbonyl (C=O) groups is 1. The fourth-order valence-corrected chi connectivity index (χ4v) is 1.20. The average Bonchev–Trinajstić information content (AvgIpc) is 2.46. The number of anilines is 1. The van der Waals surface area contributed by atoms with Gasteiger partial charge in [0, 0.05) is 5.69 Å². The number of hydrogen-bond acceptors (Lipinski definition) is 5. The second kappa shape index (κ2) is 7.26. The van der Waals surface area contributed by atoms with Gasteiger partial charge in [-0.3, -0.25) is 4.79 Å². The van der Waals surface area contributed by atoms with E-state index in [0.29, 0.717) is 0 Å². The number of halogens is 4. The highest BCUT2D eigenvalue weighted by Gasteiger charge is 2.43. The topological polar surface area (TPSA) is 83.7 Å². The third kappa shape index (κ3) is 4.62. The molecule has 118 valence electrons. The molecule has 0 unspecified atom stereocenters. The van der Waals surface area contributed by atoms with Gasteiger partial charge in [-0.15, -0.1) is 0 Å². The quantitative estimate of drug-likeness (QED) is 0.496. The lowest BCUT2D eigenvalue weighted by atomic mass is 10.3. The summed E-state index contributed by atoms with van der Waals surface area (Å²) in [6, 6.07) is 5.63. The molecule has 0 aromatic heterocycles. The molecule has 0 radical (unpaired) electrons. The van der Waals surface area contributed by atoms with Crippen molar-refractivity contribution in [3.8, 4) is 11.8 Å². The van der Waals surface area contributed by atoms with E-state index in [0.717, 1.165) is 31.4 Å². The Morgan fingerprint density at radius 1 is 1.36 bits per heavy atom. The maximum atomic E-state index is 12.7. The van der Waals surface area contributed by atoms with Crippen LogP contribution in [0, 0.1) is 11.3 Å². The lowest BCUT2D eigenvalue weighted by molar-refractivity contribution is -0.253. The standard InChI is InChI=1S/C12H9F4N3O3/c1-21-19-9(6-17)10(20)18-7-2-4-8(5-3-7)22-12(15,16)11(13)14/h2-5,11H,1H3,(H,18,20)/b19-9-. The normalized spacial score (nSPS) is 11.8. The van der Waals surface area contributed by atoms with Gasteiger partial charge < -0.3 is 14.9 Å². The molecular formula is C12H9F4N3O3. The zero-order valence-corrected chi connectivity index (χ0v) is 11.0. The van der Waals surface area contributed by atoms with E-state index in [2.05, 4.69) is 20.0 Å². The Kier molecular flexibility index (Phi) is 5.68. The lowest BCUT2D eigenvalue weighted by Gasteiger charge is -2.16. The van der Waals surface area contributed by atoms with E-state index in [1.54, 1.807) is 0 Å². The number of nitriles is 1. The first kappa shape index (κ1) is 17.2. The summed E-state index contributed by atoms with van der Waals surface area (Å²) in [7, 11) is 1.14. The monoisotopic (exact) mass is 319 g/mol. The second-order valence-electron chi connectivity index (χ2n) is 3.68. The van der Waals surface area contributed by atoms with Crippen molar-refractivity contribution < 1.29 is 31.9 Å². The van der Waals surface area contributed by atoms with Crippen LogP contribution in [0.25, 0.3) is 0 Å². The van der Waals surface area contributed by atoms with E-state index in [1.165, 1.54) is 6.07 Å². The molecule has 10 heteroatoms. The van der Waals surface area contributed by atoms with E-state index in [1.807, 2.05) is 0 Å². The van der Waals surface area contributed by atoms with Crippen molar-refractivity contribution in [2.24, 2.45) is 5.16 Å². The first-order valence-corrected chi connectivity index (χ1v) is 5.57. The van der Waals surface area contributed by atoms with Crippen LogP contribution < -0.4 is 10.1 Å². The van der Waals surface area contributed by atoms with Crippen LogP contribution in [0.5, 0.6) is 5.75 Å². The average molecular weight is 319 g/mol. The van der Waals surface area contributed by atoms with Gasteiger partial charge in [0.25, 0.3) is 5.91 Å².